The summed E-state index contributed by atoms with van der Waals surface area (Å²) in [7, 11) is 0. The SMILES string of the molecule is CC(C)OC(=O)Nc1cnc2nc(-c3cc(NC(=O)NC4CC4)ccc3Cl)cn2c1. The van der Waals surface area contributed by atoms with Crippen LogP contribution in [-0.4, -0.2) is 38.6 Å². The van der Waals surface area contributed by atoms with Crippen LogP contribution in [0.25, 0.3) is 17.0 Å². The van der Waals surface area contributed by atoms with E-state index in [2.05, 4.69) is 25.9 Å². The molecule has 2 heterocycles. The number of imidazole rings is 1. The molecule has 30 heavy (non-hydrogen) atoms. The molecule has 156 valence electrons. The van der Waals surface area contributed by atoms with Crippen molar-refractivity contribution in [2.75, 3.05) is 10.6 Å². The Morgan fingerprint density at radius 2 is 2.00 bits per heavy atom. The van der Waals surface area contributed by atoms with Crippen molar-refractivity contribution in [3.8, 4) is 11.3 Å². The van der Waals surface area contributed by atoms with E-state index in [4.69, 9.17) is 16.3 Å². The van der Waals surface area contributed by atoms with Gasteiger partial charge in [-0.3, -0.25) is 9.72 Å². The molecular formula is C20H21ClN6O3. The van der Waals surface area contributed by atoms with Crippen molar-refractivity contribution < 1.29 is 14.3 Å². The molecule has 0 aliphatic heterocycles. The number of amides is 3. The number of aromatic nitrogens is 3. The van der Waals surface area contributed by atoms with E-state index in [1.54, 1.807) is 48.8 Å². The van der Waals surface area contributed by atoms with Gasteiger partial charge in [-0.15, -0.1) is 0 Å². The molecule has 0 radical (unpaired) electrons. The average Bonchev–Trinajstić information content (AvgIpc) is 3.37. The number of benzene rings is 1. The molecule has 0 bridgehead atoms. The van der Waals surface area contributed by atoms with Crippen molar-refractivity contribution in [1.82, 2.24) is 19.7 Å². The summed E-state index contributed by atoms with van der Waals surface area (Å²) in [4.78, 5) is 32.5. The van der Waals surface area contributed by atoms with Gasteiger partial charge in [0.05, 0.1) is 28.7 Å². The number of urea groups is 1. The van der Waals surface area contributed by atoms with E-state index < -0.39 is 6.09 Å². The molecule has 1 aliphatic carbocycles. The molecule has 4 rings (SSSR count). The van der Waals surface area contributed by atoms with E-state index in [1.165, 1.54) is 6.20 Å². The van der Waals surface area contributed by atoms with Crippen LogP contribution in [0.5, 0.6) is 0 Å². The maximum Gasteiger partial charge on any atom is 0.411 e. The maximum absolute atomic E-state index is 12.0. The predicted octanol–water partition coefficient (Wildman–Crippen LogP) is 4.29. The lowest BCUT2D eigenvalue weighted by atomic mass is 10.1. The third-order valence-corrected chi connectivity index (χ3v) is 4.64. The third-order valence-electron chi connectivity index (χ3n) is 4.31. The van der Waals surface area contributed by atoms with Gasteiger partial charge >= 0.3 is 12.1 Å². The molecule has 0 unspecified atom stereocenters. The smallest absolute Gasteiger partial charge is 0.411 e. The number of nitrogens with one attached hydrogen (secondary N) is 3. The van der Waals surface area contributed by atoms with E-state index in [-0.39, 0.29) is 18.2 Å². The van der Waals surface area contributed by atoms with Crippen molar-refractivity contribution >= 4 is 40.9 Å². The number of ether oxygens (including phenoxy) is 1. The first-order valence-electron chi connectivity index (χ1n) is 9.57. The summed E-state index contributed by atoms with van der Waals surface area (Å²) in [5.41, 5.74) is 2.31. The second kappa shape index (κ2) is 8.19. The minimum atomic E-state index is -0.558. The first kappa shape index (κ1) is 20.0. The minimum absolute atomic E-state index is 0.226. The zero-order valence-electron chi connectivity index (χ0n) is 16.5. The molecule has 9 nitrogen and oxygen atoms in total. The maximum atomic E-state index is 12.0. The highest BCUT2D eigenvalue weighted by Crippen LogP contribution is 2.30. The molecular weight excluding hydrogens is 408 g/mol. The van der Waals surface area contributed by atoms with E-state index in [0.29, 0.717) is 33.4 Å². The van der Waals surface area contributed by atoms with Crippen LogP contribution >= 0.6 is 11.6 Å². The second-order valence-electron chi connectivity index (χ2n) is 7.32. The largest absolute Gasteiger partial charge is 0.447 e. The zero-order valence-corrected chi connectivity index (χ0v) is 17.2. The normalized spacial score (nSPS) is 13.3. The van der Waals surface area contributed by atoms with Gasteiger partial charge in [0.25, 0.3) is 0 Å². The van der Waals surface area contributed by atoms with E-state index in [0.717, 1.165) is 12.8 Å². The first-order chi connectivity index (χ1) is 14.4. The average molecular weight is 429 g/mol. The van der Waals surface area contributed by atoms with Gasteiger partial charge in [-0.2, -0.15) is 0 Å². The molecule has 1 fully saturated rings. The Labute approximate surface area is 177 Å². The van der Waals surface area contributed by atoms with E-state index in [9.17, 15) is 9.59 Å². The molecule has 1 saturated carbocycles. The van der Waals surface area contributed by atoms with Gasteiger partial charge < -0.3 is 15.4 Å². The van der Waals surface area contributed by atoms with Crippen LogP contribution in [0.4, 0.5) is 21.0 Å². The third kappa shape index (κ3) is 4.80. The number of anilines is 2. The van der Waals surface area contributed by atoms with Crippen LogP contribution in [0.3, 0.4) is 0 Å². The minimum Gasteiger partial charge on any atom is -0.447 e. The quantitative estimate of drug-likeness (QED) is 0.561. The Morgan fingerprint density at radius 1 is 1.20 bits per heavy atom. The van der Waals surface area contributed by atoms with Gasteiger partial charge in [-0.25, -0.2) is 19.6 Å². The van der Waals surface area contributed by atoms with Crippen LogP contribution in [0, 0.1) is 0 Å². The monoisotopic (exact) mass is 428 g/mol. The van der Waals surface area contributed by atoms with Crippen LogP contribution in [0.1, 0.15) is 26.7 Å². The fraction of sp³-hybridized carbons (Fsp3) is 0.300. The van der Waals surface area contributed by atoms with Gasteiger partial charge in [-0.1, -0.05) is 11.6 Å². The highest BCUT2D eigenvalue weighted by atomic mass is 35.5. The zero-order chi connectivity index (χ0) is 21.3. The Hall–Kier alpha value is -3.33. The molecule has 0 saturated heterocycles. The number of carbonyl (C=O) groups is 2. The lowest BCUT2D eigenvalue weighted by Gasteiger charge is -2.09. The van der Waals surface area contributed by atoms with Crippen LogP contribution in [0.15, 0.2) is 36.8 Å². The summed E-state index contributed by atoms with van der Waals surface area (Å²) in [5.74, 6) is 0.439. The summed E-state index contributed by atoms with van der Waals surface area (Å²) < 4.78 is 6.75. The van der Waals surface area contributed by atoms with E-state index >= 15 is 0 Å². The predicted molar refractivity (Wildman–Crippen MR) is 114 cm³/mol. The van der Waals surface area contributed by atoms with Crippen molar-refractivity contribution in [2.45, 2.75) is 38.8 Å². The molecule has 10 heteroatoms. The van der Waals surface area contributed by atoms with Gasteiger partial charge in [0.15, 0.2) is 0 Å². The Balaban J connectivity index is 1.55. The molecule has 3 amide bonds. The standard InChI is InChI=1S/C20H21ClN6O3/c1-11(2)30-20(29)25-14-8-22-18-26-17(10-27(18)9-14)15-7-13(5-6-16(15)21)24-19(28)23-12-3-4-12/h5-12H,3-4H2,1-2H3,(H,25,29)(H2,23,24,28). The van der Waals surface area contributed by atoms with Gasteiger partial charge in [0.2, 0.25) is 5.78 Å². The van der Waals surface area contributed by atoms with Crippen molar-refractivity contribution in [3.05, 3.63) is 41.8 Å². The number of carbonyl (C=O) groups excluding carboxylic acids is 2. The lowest BCUT2D eigenvalue weighted by Crippen LogP contribution is -2.30. The molecule has 1 aromatic carbocycles. The Kier molecular flexibility index (Phi) is 5.45. The highest BCUT2D eigenvalue weighted by molar-refractivity contribution is 6.33. The van der Waals surface area contributed by atoms with Crippen LogP contribution in [-0.2, 0) is 4.74 Å². The number of nitrogens with zero attached hydrogens (tertiary/aromatic N) is 3. The molecule has 0 atom stereocenters. The van der Waals surface area contributed by atoms with Crippen molar-refractivity contribution in [1.29, 1.82) is 0 Å². The van der Waals surface area contributed by atoms with E-state index in [1.807, 2.05) is 0 Å². The number of halogens is 1. The molecule has 0 spiro atoms. The van der Waals surface area contributed by atoms with Crippen LogP contribution in [0.2, 0.25) is 5.02 Å². The number of hydrogen-bond acceptors (Lipinski definition) is 5. The fourth-order valence-corrected chi connectivity index (χ4v) is 3.03. The summed E-state index contributed by atoms with van der Waals surface area (Å²) in [6.45, 7) is 3.54. The number of hydrogen-bond donors (Lipinski definition) is 3. The summed E-state index contributed by atoms with van der Waals surface area (Å²) >= 11 is 6.37. The van der Waals surface area contributed by atoms with Gasteiger partial charge in [-0.05, 0) is 44.9 Å². The van der Waals surface area contributed by atoms with Gasteiger partial charge in [0, 0.05) is 29.7 Å². The molecule has 2 aromatic heterocycles. The fourth-order valence-electron chi connectivity index (χ4n) is 2.82. The van der Waals surface area contributed by atoms with Crippen molar-refractivity contribution in [3.63, 3.8) is 0 Å². The number of rotatable bonds is 5. The lowest BCUT2D eigenvalue weighted by molar-refractivity contribution is 0.130. The Bertz CT molecular complexity index is 1110. The first-order valence-corrected chi connectivity index (χ1v) is 9.95. The van der Waals surface area contributed by atoms with Gasteiger partial charge in [0.1, 0.15) is 0 Å². The second-order valence-corrected chi connectivity index (χ2v) is 7.73. The number of fused-ring (bicyclic) bond motifs is 1. The highest BCUT2D eigenvalue weighted by Gasteiger charge is 2.23. The topological polar surface area (TPSA) is 110 Å². The summed E-state index contributed by atoms with van der Waals surface area (Å²) in [6.07, 6.45) is 6.17. The molecule has 3 N–H and O–H groups in total. The molecule has 3 aromatic rings. The molecule has 1 aliphatic rings. The summed E-state index contributed by atoms with van der Waals surface area (Å²) in [5, 5.41) is 8.80. The van der Waals surface area contributed by atoms with Crippen molar-refractivity contribution in [2.24, 2.45) is 0 Å². The summed E-state index contributed by atoms with van der Waals surface area (Å²) in [6, 6.07) is 5.22. The van der Waals surface area contributed by atoms with Crippen LogP contribution < -0.4 is 16.0 Å². The Morgan fingerprint density at radius 3 is 2.73 bits per heavy atom.